The predicted molar refractivity (Wildman–Crippen MR) is 81.5 cm³/mol. The third-order valence-electron chi connectivity index (χ3n) is 3.59. The Hall–Kier alpha value is -1.43. The fraction of sp³-hybridized carbons (Fsp3) is 0.533. The Morgan fingerprint density at radius 3 is 2.30 bits per heavy atom. The molecule has 1 amide bonds. The Kier molecular flexibility index (Phi) is 5.52. The number of hydrogen-bond donors (Lipinski definition) is 2. The van der Waals surface area contributed by atoms with Crippen molar-refractivity contribution in [2.24, 2.45) is 5.73 Å². The second-order valence-electron chi connectivity index (χ2n) is 5.28. The summed E-state index contributed by atoms with van der Waals surface area (Å²) < 4.78 is 0. The molecule has 0 radical (unpaired) electrons. The van der Waals surface area contributed by atoms with Crippen LogP contribution in [0.25, 0.3) is 0 Å². The average molecular weight is 276 g/mol. The first-order valence-electron chi connectivity index (χ1n) is 7.18. The molecule has 1 aliphatic rings. The second-order valence-corrected chi connectivity index (χ2v) is 5.28. The summed E-state index contributed by atoms with van der Waals surface area (Å²) >= 11 is 0. The van der Waals surface area contributed by atoms with Gasteiger partial charge in [-0.05, 0) is 17.7 Å². The lowest BCUT2D eigenvalue weighted by atomic mass is 10.1. The summed E-state index contributed by atoms with van der Waals surface area (Å²) in [4.78, 5) is 15.8. The van der Waals surface area contributed by atoms with Crippen LogP contribution in [-0.4, -0.2) is 55.0 Å². The van der Waals surface area contributed by atoms with Gasteiger partial charge in [0.1, 0.15) is 0 Å². The molecule has 1 heterocycles. The van der Waals surface area contributed by atoms with E-state index in [1.165, 1.54) is 12.5 Å². The van der Waals surface area contributed by atoms with E-state index in [2.05, 4.69) is 27.2 Å². The van der Waals surface area contributed by atoms with Gasteiger partial charge in [-0.15, -0.1) is 0 Å². The zero-order valence-corrected chi connectivity index (χ0v) is 12.1. The number of nitrogens with zero attached hydrogens (tertiary/aromatic N) is 2. The normalized spacial score (nSPS) is 17.1. The van der Waals surface area contributed by atoms with Crippen molar-refractivity contribution >= 4 is 11.6 Å². The maximum atomic E-state index is 11.0. The molecule has 0 unspecified atom stereocenters. The lowest BCUT2D eigenvalue weighted by Crippen LogP contribution is -2.47. The lowest BCUT2D eigenvalue weighted by Gasteiger charge is -2.34. The molecule has 5 heteroatoms. The highest BCUT2D eigenvalue weighted by molar-refractivity contribution is 5.88. The molecule has 0 atom stereocenters. The number of carbonyl (C=O) groups excluding carboxylic acids is 1. The first-order valence-corrected chi connectivity index (χ1v) is 7.18. The Morgan fingerprint density at radius 1 is 1.15 bits per heavy atom. The molecule has 0 bridgehead atoms. The minimum atomic E-state index is -0.0335. The minimum absolute atomic E-state index is 0.0335. The van der Waals surface area contributed by atoms with E-state index in [0.29, 0.717) is 0 Å². The number of benzene rings is 1. The topological polar surface area (TPSA) is 61.6 Å². The molecule has 0 saturated carbocycles. The molecule has 1 aromatic carbocycles. The van der Waals surface area contributed by atoms with Crippen LogP contribution in [0.4, 0.5) is 5.69 Å². The number of piperazine rings is 1. The Balaban J connectivity index is 1.80. The highest BCUT2D eigenvalue weighted by atomic mass is 16.1. The van der Waals surface area contributed by atoms with E-state index < -0.39 is 0 Å². The van der Waals surface area contributed by atoms with Crippen LogP contribution >= 0.6 is 0 Å². The van der Waals surface area contributed by atoms with Gasteiger partial charge >= 0.3 is 0 Å². The maximum Gasteiger partial charge on any atom is 0.221 e. The highest BCUT2D eigenvalue weighted by Gasteiger charge is 2.15. The predicted octanol–water partition coefficient (Wildman–Crippen LogP) is 0.721. The first kappa shape index (κ1) is 15.0. The van der Waals surface area contributed by atoms with Crippen LogP contribution in [-0.2, 0) is 11.3 Å². The van der Waals surface area contributed by atoms with Gasteiger partial charge in [-0.25, -0.2) is 0 Å². The van der Waals surface area contributed by atoms with Crippen molar-refractivity contribution in [1.29, 1.82) is 0 Å². The van der Waals surface area contributed by atoms with Gasteiger partial charge in [0.25, 0.3) is 0 Å². The Bertz CT molecular complexity index is 424. The standard InChI is InChI=1S/C15H24N4O/c1-13(20)17-15-4-2-14(3-5-15)12-19-10-8-18(7-6-16)9-11-19/h2-5H,6-12,16H2,1H3,(H,17,20). The minimum Gasteiger partial charge on any atom is -0.329 e. The van der Waals surface area contributed by atoms with Gasteiger partial charge < -0.3 is 11.1 Å². The number of nitrogens with one attached hydrogen (secondary N) is 1. The molecule has 0 spiro atoms. The van der Waals surface area contributed by atoms with Crippen molar-refractivity contribution in [3.63, 3.8) is 0 Å². The smallest absolute Gasteiger partial charge is 0.221 e. The largest absolute Gasteiger partial charge is 0.329 e. The summed E-state index contributed by atoms with van der Waals surface area (Å²) in [7, 11) is 0. The van der Waals surface area contributed by atoms with Crippen molar-refractivity contribution < 1.29 is 4.79 Å². The van der Waals surface area contributed by atoms with Crippen molar-refractivity contribution in [3.8, 4) is 0 Å². The Morgan fingerprint density at radius 2 is 1.75 bits per heavy atom. The zero-order chi connectivity index (χ0) is 14.4. The van der Waals surface area contributed by atoms with E-state index in [0.717, 1.165) is 51.5 Å². The van der Waals surface area contributed by atoms with Crippen molar-refractivity contribution in [2.45, 2.75) is 13.5 Å². The molecule has 1 saturated heterocycles. The number of carbonyl (C=O) groups is 1. The summed E-state index contributed by atoms with van der Waals surface area (Å²) in [5.41, 5.74) is 7.72. The molecule has 3 N–H and O–H groups in total. The van der Waals surface area contributed by atoms with Crippen LogP contribution in [0.15, 0.2) is 24.3 Å². The van der Waals surface area contributed by atoms with Gasteiger partial charge in [0.15, 0.2) is 0 Å². The molecular formula is C15H24N4O. The van der Waals surface area contributed by atoms with Gasteiger partial charge in [0.2, 0.25) is 5.91 Å². The van der Waals surface area contributed by atoms with Crippen LogP contribution in [0.3, 0.4) is 0 Å². The van der Waals surface area contributed by atoms with Crippen LogP contribution < -0.4 is 11.1 Å². The van der Waals surface area contributed by atoms with Crippen molar-refractivity contribution in [2.75, 3.05) is 44.6 Å². The summed E-state index contributed by atoms with van der Waals surface area (Å²) in [6.45, 7) is 8.61. The summed E-state index contributed by atoms with van der Waals surface area (Å²) in [6, 6.07) is 8.08. The van der Waals surface area contributed by atoms with Gasteiger partial charge in [0.05, 0.1) is 0 Å². The fourth-order valence-electron chi connectivity index (χ4n) is 2.51. The number of nitrogens with two attached hydrogens (primary N) is 1. The highest BCUT2D eigenvalue weighted by Crippen LogP contribution is 2.12. The number of amides is 1. The molecule has 2 rings (SSSR count). The van der Waals surface area contributed by atoms with Gasteiger partial charge in [0, 0.05) is 58.4 Å². The summed E-state index contributed by atoms with van der Waals surface area (Å²) in [6.07, 6.45) is 0. The molecule has 1 aromatic rings. The van der Waals surface area contributed by atoms with Crippen LogP contribution in [0.1, 0.15) is 12.5 Å². The molecule has 1 aliphatic heterocycles. The van der Waals surface area contributed by atoms with E-state index in [1.54, 1.807) is 0 Å². The third-order valence-corrected chi connectivity index (χ3v) is 3.59. The monoisotopic (exact) mass is 276 g/mol. The van der Waals surface area contributed by atoms with E-state index in [4.69, 9.17) is 5.73 Å². The second kappa shape index (κ2) is 7.38. The molecule has 5 nitrogen and oxygen atoms in total. The van der Waals surface area contributed by atoms with Gasteiger partial charge in [-0.1, -0.05) is 12.1 Å². The van der Waals surface area contributed by atoms with E-state index in [9.17, 15) is 4.79 Å². The van der Waals surface area contributed by atoms with E-state index in [1.807, 2.05) is 12.1 Å². The molecule has 0 aliphatic carbocycles. The maximum absolute atomic E-state index is 11.0. The van der Waals surface area contributed by atoms with E-state index in [-0.39, 0.29) is 5.91 Å². The van der Waals surface area contributed by atoms with Gasteiger partial charge in [-0.2, -0.15) is 0 Å². The van der Waals surface area contributed by atoms with Crippen LogP contribution in [0.2, 0.25) is 0 Å². The summed E-state index contributed by atoms with van der Waals surface area (Å²) in [5.74, 6) is -0.0335. The van der Waals surface area contributed by atoms with Gasteiger partial charge in [-0.3, -0.25) is 14.6 Å². The van der Waals surface area contributed by atoms with Crippen molar-refractivity contribution in [1.82, 2.24) is 9.80 Å². The molecule has 20 heavy (non-hydrogen) atoms. The fourth-order valence-corrected chi connectivity index (χ4v) is 2.51. The molecule has 0 aromatic heterocycles. The quantitative estimate of drug-likeness (QED) is 0.832. The Labute approximate surface area is 120 Å². The zero-order valence-electron chi connectivity index (χ0n) is 12.1. The third kappa shape index (κ3) is 4.59. The molecule has 110 valence electrons. The average Bonchev–Trinajstić information content (AvgIpc) is 2.43. The molecular weight excluding hydrogens is 252 g/mol. The lowest BCUT2D eigenvalue weighted by molar-refractivity contribution is -0.114. The summed E-state index contributed by atoms with van der Waals surface area (Å²) in [5, 5.41) is 2.78. The molecule has 1 fully saturated rings. The number of anilines is 1. The van der Waals surface area contributed by atoms with E-state index >= 15 is 0 Å². The van der Waals surface area contributed by atoms with Crippen LogP contribution in [0.5, 0.6) is 0 Å². The number of hydrogen-bond acceptors (Lipinski definition) is 4. The SMILES string of the molecule is CC(=O)Nc1ccc(CN2CCN(CCN)CC2)cc1. The van der Waals surface area contributed by atoms with Crippen molar-refractivity contribution in [3.05, 3.63) is 29.8 Å². The van der Waals surface area contributed by atoms with Crippen LogP contribution in [0, 0.1) is 0 Å². The number of rotatable bonds is 5. The first-order chi connectivity index (χ1) is 9.67.